The van der Waals surface area contributed by atoms with Crippen molar-refractivity contribution in [2.75, 3.05) is 18.4 Å². The number of carbonyl (C=O) groups is 1. The monoisotopic (exact) mass is 363 g/mol. The normalized spacial score (nSPS) is 17.1. The second-order valence-corrected chi connectivity index (χ2v) is 6.88. The lowest BCUT2D eigenvalue weighted by Gasteiger charge is -2.32. The van der Waals surface area contributed by atoms with E-state index in [1.165, 1.54) is 6.07 Å². The largest absolute Gasteiger partial charge is 0.324 e. The van der Waals surface area contributed by atoms with E-state index in [2.05, 4.69) is 20.3 Å². The molecule has 0 aliphatic carbocycles. The Morgan fingerprint density at radius 3 is 3.04 bits per heavy atom. The number of rotatable bonds is 2. The lowest BCUT2D eigenvalue weighted by Crippen LogP contribution is -2.42. The molecule has 2 aromatic heterocycles. The molecule has 7 heteroatoms. The van der Waals surface area contributed by atoms with Gasteiger partial charge in [0.15, 0.2) is 0 Å². The molecule has 0 spiro atoms. The Labute approximate surface area is 156 Å². The van der Waals surface area contributed by atoms with Crippen molar-refractivity contribution in [2.24, 2.45) is 0 Å². The van der Waals surface area contributed by atoms with Gasteiger partial charge in [-0.25, -0.2) is 9.78 Å². The van der Waals surface area contributed by atoms with Gasteiger partial charge in [0.1, 0.15) is 5.82 Å². The van der Waals surface area contributed by atoms with Crippen molar-refractivity contribution >= 4 is 22.6 Å². The highest BCUT2D eigenvalue weighted by molar-refractivity contribution is 5.92. The Morgan fingerprint density at radius 2 is 2.19 bits per heavy atom. The van der Waals surface area contributed by atoms with Crippen LogP contribution in [0.1, 0.15) is 30.3 Å². The van der Waals surface area contributed by atoms with E-state index in [4.69, 9.17) is 0 Å². The Hall–Kier alpha value is -3.22. The molecule has 0 bridgehead atoms. The second kappa shape index (κ2) is 7.19. The van der Waals surface area contributed by atoms with E-state index < -0.39 is 0 Å². The summed E-state index contributed by atoms with van der Waals surface area (Å²) in [7, 11) is 0. The summed E-state index contributed by atoms with van der Waals surface area (Å²) in [6.45, 7) is 3.01. The molecule has 1 aliphatic heterocycles. The summed E-state index contributed by atoms with van der Waals surface area (Å²) in [5.74, 6) is 0.673. The summed E-state index contributed by atoms with van der Waals surface area (Å²) in [5.41, 5.74) is 2.17. The van der Waals surface area contributed by atoms with Crippen LogP contribution in [0.15, 0.2) is 47.4 Å². The molecule has 1 atom stereocenters. The number of nitrogens with one attached hydrogen (secondary N) is 2. The Bertz CT molecular complexity index is 1050. The molecule has 1 aromatic carbocycles. The van der Waals surface area contributed by atoms with Crippen LogP contribution in [0.2, 0.25) is 0 Å². The quantitative estimate of drug-likeness (QED) is 0.732. The minimum atomic E-state index is -0.150. The summed E-state index contributed by atoms with van der Waals surface area (Å²) in [5, 5.41) is 3.99. The second-order valence-electron chi connectivity index (χ2n) is 6.88. The number of amides is 2. The topological polar surface area (TPSA) is 91.0 Å². The summed E-state index contributed by atoms with van der Waals surface area (Å²) in [4.78, 5) is 37.7. The number of piperidine rings is 1. The number of hydrogen-bond donors (Lipinski definition) is 2. The fraction of sp³-hybridized carbons (Fsp3) is 0.300. The predicted octanol–water partition coefficient (Wildman–Crippen LogP) is 3.04. The fourth-order valence-corrected chi connectivity index (χ4v) is 3.56. The zero-order valence-corrected chi connectivity index (χ0v) is 15.1. The van der Waals surface area contributed by atoms with Gasteiger partial charge in [-0.15, -0.1) is 0 Å². The van der Waals surface area contributed by atoms with Crippen LogP contribution < -0.4 is 10.9 Å². The SMILES string of the molecule is Cc1nc(C2CCCN(C(=O)Nc3ccc4cccnc4c3)C2)cc(=O)[nH]1. The van der Waals surface area contributed by atoms with Gasteiger partial charge in [-0.1, -0.05) is 12.1 Å². The van der Waals surface area contributed by atoms with Crippen LogP contribution >= 0.6 is 0 Å². The standard InChI is InChI=1S/C20H21N5O2/c1-13-22-18(11-19(26)23-13)15-5-3-9-25(12-15)20(27)24-16-7-6-14-4-2-8-21-17(14)10-16/h2,4,6-8,10-11,15H,3,5,9,12H2,1H3,(H,24,27)(H,22,23,26). The summed E-state index contributed by atoms with van der Waals surface area (Å²) in [6.07, 6.45) is 3.53. The van der Waals surface area contributed by atoms with Crippen molar-refractivity contribution in [3.05, 3.63) is 64.5 Å². The third-order valence-electron chi connectivity index (χ3n) is 4.86. The van der Waals surface area contributed by atoms with Crippen molar-refractivity contribution in [1.29, 1.82) is 0 Å². The molecule has 4 rings (SSSR count). The Kier molecular flexibility index (Phi) is 4.58. The van der Waals surface area contributed by atoms with Crippen LogP contribution in [0.25, 0.3) is 10.9 Å². The highest BCUT2D eigenvalue weighted by Crippen LogP contribution is 2.25. The van der Waals surface area contributed by atoms with Gasteiger partial charge in [-0.05, 0) is 38.0 Å². The lowest BCUT2D eigenvalue weighted by atomic mass is 9.94. The van der Waals surface area contributed by atoms with Crippen LogP contribution in [0.5, 0.6) is 0 Å². The first-order valence-electron chi connectivity index (χ1n) is 9.07. The third-order valence-corrected chi connectivity index (χ3v) is 4.86. The van der Waals surface area contributed by atoms with Gasteiger partial charge < -0.3 is 15.2 Å². The van der Waals surface area contributed by atoms with E-state index in [1.807, 2.05) is 30.3 Å². The van der Waals surface area contributed by atoms with E-state index in [-0.39, 0.29) is 17.5 Å². The number of urea groups is 1. The Morgan fingerprint density at radius 1 is 1.30 bits per heavy atom. The van der Waals surface area contributed by atoms with Gasteiger partial charge >= 0.3 is 6.03 Å². The lowest BCUT2D eigenvalue weighted by molar-refractivity contribution is 0.192. The van der Waals surface area contributed by atoms with Crippen molar-refractivity contribution < 1.29 is 4.79 Å². The molecule has 138 valence electrons. The smallest absolute Gasteiger partial charge is 0.321 e. The maximum Gasteiger partial charge on any atom is 0.321 e. The van der Waals surface area contributed by atoms with Gasteiger partial charge in [0.2, 0.25) is 0 Å². The van der Waals surface area contributed by atoms with Gasteiger partial charge in [-0.3, -0.25) is 9.78 Å². The van der Waals surface area contributed by atoms with Crippen LogP contribution in [0, 0.1) is 6.92 Å². The van der Waals surface area contributed by atoms with Crippen molar-refractivity contribution in [2.45, 2.75) is 25.7 Å². The van der Waals surface area contributed by atoms with Gasteiger partial charge in [0.05, 0.1) is 11.2 Å². The van der Waals surface area contributed by atoms with Crippen molar-refractivity contribution in [1.82, 2.24) is 19.9 Å². The molecular formula is C20H21N5O2. The number of aromatic amines is 1. The van der Waals surface area contributed by atoms with Crippen LogP contribution in [0.4, 0.5) is 10.5 Å². The number of hydrogen-bond acceptors (Lipinski definition) is 4. The number of H-pyrrole nitrogens is 1. The first kappa shape index (κ1) is 17.2. The molecule has 1 saturated heterocycles. The Balaban J connectivity index is 1.48. The maximum absolute atomic E-state index is 12.7. The summed E-state index contributed by atoms with van der Waals surface area (Å²) < 4.78 is 0. The average Bonchev–Trinajstić information content (AvgIpc) is 2.67. The number of benzene rings is 1. The zero-order chi connectivity index (χ0) is 18.8. The fourth-order valence-electron chi connectivity index (χ4n) is 3.56. The average molecular weight is 363 g/mol. The molecule has 2 amide bonds. The summed E-state index contributed by atoms with van der Waals surface area (Å²) in [6, 6.07) is 11.0. The van der Waals surface area contributed by atoms with E-state index >= 15 is 0 Å². The minimum absolute atomic E-state index is 0.0729. The maximum atomic E-state index is 12.7. The van der Waals surface area contributed by atoms with Gasteiger partial charge in [0, 0.05) is 42.3 Å². The molecule has 2 N–H and O–H groups in total. The number of fused-ring (bicyclic) bond motifs is 1. The van der Waals surface area contributed by atoms with E-state index in [0.717, 1.165) is 35.1 Å². The zero-order valence-electron chi connectivity index (χ0n) is 15.1. The van der Waals surface area contributed by atoms with E-state index in [1.54, 1.807) is 18.0 Å². The highest BCUT2D eigenvalue weighted by atomic mass is 16.2. The van der Waals surface area contributed by atoms with Crippen LogP contribution in [0.3, 0.4) is 0 Å². The molecule has 3 heterocycles. The first-order chi connectivity index (χ1) is 13.1. The van der Waals surface area contributed by atoms with E-state index in [0.29, 0.717) is 18.9 Å². The number of nitrogens with zero attached hydrogens (tertiary/aromatic N) is 3. The van der Waals surface area contributed by atoms with Crippen molar-refractivity contribution in [3.63, 3.8) is 0 Å². The summed E-state index contributed by atoms with van der Waals surface area (Å²) >= 11 is 0. The number of likely N-dealkylation sites (tertiary alicyclic amines) is 1. The van der Waals surface area contributed by atoms with Crippen LogP contribution in [-0.2, 0) is 0 Å². The molecular weight excluding hydrogens is 342 g/mol. The molecule has 3 aromatic rings. The predicted molar refractivity (Wildman–Crippen MR) is 104 cm³/mol. The third kappa shape index (κ3) is 3.81. The van der Waals surface area contributed by atoms with E-state index in [9.17, 15) is 9.59 Å². The molecule has 1 fully saturated rings. The van der Waals surface area contributed by atoms with Crippen molar-refractivity contribution in [3.8, 4) is 0 Å². The molecule has 1 aliphatic rings. The number of aromatic nitrogens is 3. The molecule has 7 nitrogen and oxygen atoms in total. The molecule has 0 radical (unpaired) electrons. The number of anilines is 1. The first-order valence-corrected chi connectivity index (χ1v) is 9.07. The van der Waals surface area contributed by atoms with Crippen LogP contribution in [-0.4, -0.2) is 39.0 Å². The number of aryl methyl sites for hydroxylation is 1. The van der Waals surface area contributed by atoms with Gasteiger partial charge in [-0.2, -0.15) is 0 Å². The number of pyridine rings is 1. The molecule has 27 heavy (non-hydrogen) atoms. The molecule has 0 saturated carbocycles. The minimum Gasteiger partial charge on any atom is -0.324 e. The van der Waals surface area contributed by atoms with Gasteiger partial charge in [0.25, 0.3) is 5.56 Å². The molecule has 1 unspecified atom stereocenters. The number of carbonyl (C=O) groups excluding carboxylic acids is 1. The highest BCUT2D eigenvalue weighted by Gasteiger charge is 2.26.